The Bertz CT molecular complexity index is 519. The molecule has 82 valence electrons. The van der Waals surface area contributed by atoms with Crippen LogP contribution in [0.2, 0.25) is 5.02 Å². The Morgan fingerprint density at radius 2 is 2.31 bits per heavy atom. The average molecular weight is 238 g/mol. The van der Waals surface area contributed by atoms with Crippen LogP contribution in [0.25, 0.3) is 0 Å². The van der Waals surface area contributed by atoms with Crippen molar-refractivity contribution in [3.8, 4) is 0 Å². The zero-order chi connectivity index (χ0) is 11.2. The highest BCUT2D eigenvalue weighted by molar-refractivity contribution is 6.30. The molecule has 2 aromatic rings. The summed E-state index contributed by atoms with van der Waals surface area (Å²) in [6, 6.07) is 3.60. The minimum Gasteiger partial charge on any atom is -0.354 e. The van der Waals surface area contributed by atoms with E-state index < -0.39 is 5.60 Å². The molecule has 0 bridgehead atoms. The van der Waals surface area contributed by atoms with Gasteiger partial charge in [-0.1, -0.05) is 11.6 Å². The predicted octanol–water partition coefficient (Wildman–Crippen LogP) is 0.532. The van der Waals surface area contributed by atoms with E-state index in [1.165, 1.54) is 0 Å². The Morgan fingerprint density at radius 1 is 1.50 bits per heavy atom. The second-order valence-electron chi connectivity index (χ2n) is 3.60. The summed E-state index contributed by atoms with van der Waals surface area (Å²) in [5, 5.41) is 11.9. The highest BCUT2D eigenvalue weighted by Gasteiger charge is 2.53. The van der Waals surface area contributed by atoms with Crippen molar-refractivity contribution in [2.75, 3.05) is 6.61 Å². The number of pyridine rings is 1. The molecular weight excluding hydrogens is 230 g/mol. The lowest BCUT2D eigenvalue weighted by atomic mass is 10.1. The van der Waals surface area contributed by atoms with Crippen molar-refractivity contribution >= 4 is 11.6 Å². The Morgan fingerprint density at radius 3 is 2.81 bits per heavy atom. The van der Waals surface area contributed by atoms with Gasteiger partial charge in [-0.05, 0) is 22.6 Å². The first-order valence-corrected chi connectivity index (χ1v) is 5.09. The SMILES string of the molecule is Cn1nnnc1C1(c2ccc(Cl)cn2)CO1. The Labute approximate surface area is 96.2 Å². The van der Waals surface area contributed by atoms with Crippen molar-refractivity contribution in [2.45, 2.75) is 5.60 Å². The lowest BCUT2D eigenvalue weighted by molar-refractivity contribution is 0.324. The number of tetrazole rings is 1. The maximum absolute atomic E-state index is 5.79. The van der Waals surface area contributed by atoms with Gasteiger partial charge in [-0.25, -0.2) is 4.68 Å². The molecule has 0 radical (unpaired) electrons. The third kappa shape index (κ3) is 1.30. The van der Waals surface area contributed by atoms with E-state index in [1.807, 2.05) is 6.07 Å². The molecular formula is C9H8ClN5O. The van der Waals surface area contributed by atoms with Crippen LogP contribution in [-0.4, -0.2) is 31.8 Å². The van der Waals surface area contributed by atoms with E-state index in [0.717, 1.165) is 5.69 Å². The van der Waals surface area contributed by atoms with E-state index in [4.69, 9.17) is 16.3 Å². The van der Waals surface area contributed by atoms with Crippen LogP contribution in [0.1, 0.15) is 11.5 Å². The molecule has 1 saturated heterocycles. The summed E-state index contributed by atoms with van der Waals surface area (Å²) < 4.78 is 7.06. The smallest absolute Gasteiger partial charge is 0.194 e. The molecule has 0 spiro atoms. The highest BCUT2D eigenvalue weighted by atomic mass is 35.5. The van der Waals surface area contributed by atoms with Gasteiger partial charge in [0.1, 0.15) is 0 Å². The van der Waals surface area contributed by atoms with E-state index >= 15 is 0 Å². The number of nitrogens with zero attached hydrogens (tertiary/aromatic N) is 5. The molecule has 1 aliphatic rings. The predicted molar refractivity (Wildman–Crippen MR) is 54.8 cm³/mol. The standard InChI is InChI=1S/C9H8ClN5O/c1-15-8(12-13-14-15)9(5-16-9)7-3-2-6(10)4-11-7/h2-4H,5H2,1H3. The van der Waals surface area contributed by atoms with Crippen molar-refractivity contribution in [2.24, 2.45) is 7.05 Å². The number of aromatic nitrogens is 5. The molecule has 1 aliphatic heterocycles. The first-order chi connectivity index (χ1) is 7.72. The fourth-order valence-corrected chi connectivity index (χ4v) is 1.76. The van der Waals surface area contributed by atoms with Crippen molar-refractivity contribution < 1.29 is 4.74 Å². The second-order valence-corrected chi connectivity index (χ2v) is 4.04. The van der Waals surface area contributed by atoms with E-state index in [2.05, 4.69) is 20.5 Å². The molecule has 1 fully saturated rings. The molecule has 2 aromatic heterocycles. The van der Waals surface area contributed by atoms with Crippen molar-refractivity contribution in [1.82, 2.24) is 25.2 Å². The summed E-state index contributed by atoms with van der Waals surface area (Å²) in [5.41, 5.74) is 0.179. The van der Waals surface area contributed by atoms with Crippen LogP contribution in [-0.2, 0) is 17.4 Å². The summed E-state index contributed by atoms with van der Waals surface area (Å²) >= 11 is 5.79. The lowest BCUT2D eigenvalue weighted by Crippen LogP contribution is -2.18. The molecule has 0 aliphatic carbocycles. The first-order valence-electron chi connectivity index (χ1n) is 4.71. The van der Waals surface area contributed by atoms with Gasteiger partial charge in [-0.2, -0.15) is 0 Å². The maximum Gasteiger partial charge on any atom is 0.194 e. The van der Waals surface area contributed by atoms with Gasteiger partial charge in [-0.3, -0.25) is 4.98 Å². The van der Waals surface area contributed by atoms with Gasteiger partial charge in [0, 0.05) is 13.2 Å². The minimum absolute atomic E-state index is 0.538. The highest BCUT2D eigenvalue weighted by Crippen LogP contribution is 2.42. The van der Waals surface area contributed by atoms with Gasteiger partial charge in [0.25, 0.3) is 0 Å². The number of aryl methyl sites for hydroxylation is 1. The van der Waals surface area contributed by atoms with Gasteiger partial charge >= 0.3 is 0 Å². The van der Waals surface area contributed by atoms with E-state index in [9.17, 15) is 0 Å². The van der Waals surface area contributed by atoms with Crippen molar-refractivity contribution in [3.05, 3.63) is 34.9 Å². The number of hydrogen-bond donors (Lipinski definition) is 0. The third-order valence-corrected chi connectivity index (χ3v) is 2.78. The van der Waals surface area contributed by atoms with Crippen LogP contribution in [0.4, 0.5) is 0 Å². The van der Waals surface area contributed by atoms with Crippen LogP contribution in [0.3, 0.4) is 0 Å². The molecule has 0 aromatic carbocycles. The first kappa shape index (κ1) is 9.68. The van der Waals surface area contributed by atoms with E-state index in [0.29, 0.717) is 17.5 Å². The zero-order valence-corrected chi connectivity index (χ0v) is 9.22. The maximum atomic E-state index is 5.79. The molecule has 1 unspecified atom stereocenters. The summed E-state index contributed by atoms with van der Waals surface area (Å²) in [4.78, 5) is 4.24. The molecule has 7 heteroatoms. The monoisotopic (exact) mass is 237 g/mol. The summed E-state index contributed by atoms with van der Waals surface area (Å²) in [6.45, 7) is 0.538. The van der Waals surface area contributed by atoms with E-state index in [1.54, 1.807) is 24.0 Å². The van der Waals surface area contributed by atoms with Crippen molar-refractivity contribution in [1.29, 1.82) is 0 Å². The molecule has 1 atom stereocenters. The number of hydrogen-bond acceptors (Lipinski definition) is 5. The van der Waals surface area contributed by atoms with Gasteiger partial charge < -0.3 is 4.74 Å². The molecule has 6 nitrogen and oxygen atoms in total. The average Bonchev–Trinajstić information content (AvgIpc) is 2.97. The fraction of sp³-hybridized carbons (Fsp3) is 0.333. The van der Waals surface area contributed by atoms with Crippen LogP contribution in [0.5, 0.6) is 0 Å². The number of epoxide rings is 1. The van der Waals surface area contributed by atoms with E-state index in [-0.39, 0.29) is 0 Å². The Balaban J connectivity index is 2.06. The Kier molecular flexibility index (Phi) is 1.95. The molecule has 0 saturated carbocycles. The van der Waals surface area contributed by atoms with Crippen LogP contribution in [0, 0.1) is 0 Å². The summed E-state index contributed by atoms with van der Waals surface area (Å²) in [6.07, 6.45) is 1.59. The van der Waals surface area contributed by atoms with Gasteiger partial charge in [0.05, 0.1) is 17.3 Å². The summed E-state index contributed by atoms with van der Waals surface area (Å²) in [7, 11) is 1.77. The van der Waals surface area contributed by atoms with Crippen molar-refractivity contribution in [3.63, 3.8) is 0 Å². The van der Waals surface area contributed by atoms with Crippen LogP contribution in [0.15, 0.2) is 18.3 Å². The normalized spacial score (nSPS) is 23.4. The minimum atomic E-state index is -0.594. The quantitative estimate of drug-likeness (QED) is 0.713. The molecule has 3 rings (SSSR count). The number of halogens is 1. The largest absolute Gasteiger partial charge is 0.354 e. The van der Waals surface area contributed by atoms with Crippen LogP contribution >= 0.6 is 11.6 Å². The molecule has 0 amide bonds. The molecule has 0 N–H and O–H groups in total. The summed E-state index contributed by atoms with van der Waals surface area (Å²) in [5.74, 6) is 0.655. The van der Waals surface area contributed by atoms with Gasteiger partial charge in [0.2, 0.25) is 0 Å². The Hall–Kier alpha value is -1.53. The van der Waals surface area contributed by atoms with Crippen LogP contribution < -0.4 is 0 Å². The number of ether oxygens (including phenoxy) is 1. The third-order valence-electron chi connectivity index (χ3n) is 2.56. The number of rotatable bonds is 2. The topological polar surface area (TPSA) is 69.0 Å². The van der Waals surface area contributed by atoms with Gasteiger partial charge in [0.15, 0.2) is 11.4 Å². The lowest BCUT2D eigenvalue weighted by Gasteiger charge is -2.08. The zero-order valence-electron chi connectivity index (χ0n) is 8.46. The molecule has 16 heavy (non-hydrogen) atoms. The van der Waals surface area contributed by atoms with Gasteiger partial charge in [-0.15, -0.1) is 5.10 Å². The second kappa shape index (κ2) is 3.23. The molecule has 3 heterocycles. The fourth-order valence-electron chi connectivity index (χ4n) is 1.65.